The first kappa shape index (κ1) is 20.9. The lowest BCUT2D eigenvalue weighted by atomic mass is 10.1. The first-order valence-electron chi connectivity index (χ1n) is 7.76. The van der Waals surface area contributed by atoms with E-state index in [1.54, 1.807) is 32.9 Å². The molecule has 1 atom stereocenters. The molecule has 0 aromatic heterocycles. The van der Waals surface area contributed by atoms with Crippen LogP contribution < -0.4 is 10.0 Å². The third-order valence-corrected chi connectivity index (χ3v) is 5.39. The molecule has 136 valence electrons. The lowest BCUT2D eigenvalue weighted by Gasteiger charge is -2.34. The van der Waals surface area contributed by atoms with Crippen molar-refractivity contribution in [2.75, 3.05) is 19.6 Å². The van der Waals surface area contributed by atoms with Gasteiger partial charge < -0.3 is 10.2 Å². The topological polar surface area (TPSA) is 78.5 Å². The minimum atomic E-state index is -3.58. The van der Waals surface area contributed by atoms with E-state index in [2.05, 4.69) is 10.0 Å². The third kappa shape index (κ3) is 5.17. The van der Waals surface area contributed by atoms with Gasteiger partial charge in [0.1, 0.15) is 0 Å². The van der Waals surface area contributed by atoms with Crippen molar-refractivity contribution in [3.8, 4) is 0 Å². The Bertz CT molecular complexity index is 669. The van der Waals surface area contributed by atoms with E-state index < -0.39 is 15.6 Å². The quantitative estimate of drug-likeness (QED) is 0.841. The number of carbonyl (C=O) groups is 1. The van der Waals surface area contributed by atoms with Crippen molar-refractivity contribution in [2.24, 2.45) is 0 Å². The maximum Gasteiger partial charge on any atom is 0.254 e. The Labute approximate surface area is 150 Å². The molecule has 0 radical (unpaired) electrons. The summed E-state index contributed by atoms with van der Waals surface area (Å²) in [5.41, 5.74) is -0.0442. The number of hydrogen-bond acceptors (Lipinski definition) is 4. The van der Waals surface area contributed by atoms with Crippen LogP contribution in [-0.2, 0) is 10.0 Å². The summed E-state index contributed by atoms with van der Waals surface area (Å²) >= 11 is 0. The van der Waals surface area contributed by atoms with E-state index in [1.807, 2.05) is 11.8 Å². The van der Waals surface area contributed by atoms with E-state index >= 15 is 0 Å². The molecule has 24 heavy (non-hydrogen) atoms. The Morgan fingerprint density at radius 2 is 1.83 bits per heavy atom. The highest BCUT2D eigenvalue weighted by Gasteiger charge is 2.25. The molecule has 1 aliphatic rings. The average molecular weight is 376 g/mol. The van der Waals surface area contributed by atoms with Gasteiger partial charge in [-0.15, -0.1) is 12.4 Å². The molecule has 6 nitrogen and oxygen atoms in total. The van der Waals surface area contributed by atoms with Crippen LogP contribution in [0.25, 0.3) is 0 Å². The maximum atomic E-state index is 12.5. The molecule has 1 saturated heterocycles. The molecule has 2 N–H and O–H groups in total. The van der Waals surface area contributed by atoms with Gasteiger partial charge in [0.2, 0.25) is 10.0 Å². The van der Waals surface area contributed by atoms with Crippen molar-refractivity contribution in [1.29, 1.82) is 0 Å². The lowest BCUT2D eigenvalue weighted by molar-refractivity contribution is 0.0655. The highest BCUT2D eigenvalue weighted by atomic mass is 35.5. The predicted molar refractivity (Wildman–Crippen MR) is 97.1 cm³/mol. The molecule has 1 amide bonds. The Hall–Kier alpha value is -1.15. The van der Waals surface area contributed by atoms with Crippen molar-refractivity contribution in [1.82, 2.24) is 14.9 Å². The highest BCUT2D eigenvalue weighted by Crippen LogP contribution is 2.16. The molecule has 1 fully saturated rings. The smallest absolute Gasteiger partial charge is 0.254 e. The highest BCUT2D eigenvalue weighted by molar-refractivity contribution is 7.89. The van der Waals surface area contributed by atoms with Gasteiger partial charge in [-0.25, -0.2) is 13.1 Å². The van der Waals surface area contributed by atoms with Crippen LogP contribution in [0.4, 0.5) is 0 Å². The zero-order valence-electron chi connectivity index (χ0n) is 14.5. The van der Waals surface area contributed by atoms with Crippen molar-refractivity contribution in [3.63, 3.8) is 0 Å². The van der Waals surface area contributed by atoms with Crippen LogP contribution in [0.2, 0.25) is 0 Å². The summed E-state index contributed by atoms with van der Waals surface area (Å²) in [5.74, 6) is -0.0632. The molecule has 1 aromatic rings. The van der Waals surface area contributed by atoms with Crippen LogP contribution >= 0.6 is 12.4 Å². The van der Waals surface area contributed by atoms with Crippen molar-refractivity contribution >= 4 is 28.3 Å². The number of carbonyl (C=O) groups excluding carboxylic acids is 1. The number of benzene rings is 1. The van der Waals surface area contributed by atoms with E-state index in [0.29, 0.717) is 12.1 Å². The molecule has 0 unspecified atom stereocenters. The largest absolute Gasteiger partial charge is 0.333 e. The van der Waals surface area contributed by atoms with Gasteiger partial charge in [0.25, 0.3) is 5.91 Å². The first-order chi connectivity index (χ1) is 10.6. The van der Waals surface area contributed by atoms with Gasteiger partial charge in [-0.05, 0) is 52.0 Å². The minimum Gasteiger partial charge on any atom is -0.333 e. The SMILES string of the molecule is C[C@H]1CNCCN1C(=O)c1ccc(S(=O)(=O)NC(C)(C)C)cc1.Cl. The number of nitrogens with one attached hydrogen (secondary N) is 2. The number of rotatable bonds is 3. The predicted octanol–water partition coefficient (Wildman–Crippen LogP) is 1.62. The standard InChI is InChI=1S/C16H25N3O3S.ClH/c1-12-11-17-9-10-19(12)15(20)13-5-7-14(8-6-13)23(21,22)18-16(2,3)4;/h5-8,12,17-18H,9-11H2,1-4H3;1H/t12-;/m0./s1. The summed E-state index contributed by atoms with van der Waals surface area (Å²) in [6, 6.07) is 6.24. The van der Waals surface area contributed by atoms with E-state index in [1.165, 1.54) is 12.1 Å². The number of nitrogens with zero attached hydrogens (tertiary/aromatic N) is 1. The van der Waals surface area contributed by atoms with Crippen LogP contribution in [0.15, 0.2) is 29.2 Å². The summed E-state index contributed by atoms with van der Waals surface area (Å²) in [4.78, 5) is 14.5. The molecule has 2 rings (SSSR count). The Morgan fingerprint density at radius 3 is 2.33 bits per heavy atom. The molecular weight excluding hydrogens is 350 g/mol. The van der Waals surface area contributed by atoms with Gasteiger partial charge in [-0.3, -0.25) is 4.79 Å². The van der Waals surface area contributed by atoms with Gasteiger partial charge in [0, 0.05) is 36.8 Å². The number of halogens is 1. The molecule has 1 aliphatic heterocycles. The number of hydrogen-bond donors (Lipinski definition) is 2. The summed E-state index contributed by atoms with van der Waals surface area (Å²) in [5, 5.41) is 3.24. The zero-order valence-corrected chi connectivity index (χ0v) is 16.1. The van der Waals surface area contributed by atoms with Crippen molar-refractivity contribution in [2.45, 2.75) is 44.2 Å². The Balaban J connectivity index is 0.00000288. The van der Waals surface area contributed by atoms with Crippen LogP contribution in [-0.4, -0.2) is 50.4 Å². The van der Waals surface area contributed by atoms with Gasteiger partial charge in [-0.2, -0.15) is 0 Å². The summed E-state index contributed by atoms with van der Waals surface area (Å²) in [6.07, 6.45) is 0. The van der Waals surface area contributed by atoms with Gasteiger partial charge in [0.05, 0.1) is 4.90 Å². The molecule has 0 saturated carbocycles. The fourth-order valence-electron chi connectivity index (χ4n) is 2.55. The summed E-state index contributed by atoms with van der Waals surface area (Å²) < 4.78 is 27.1. The van der Waals surface area contributed by atoms with Gasteiger partial charge in [0.15, 0.2) is 0 Å². The van der Waals surface area contributed by atoms with Crippen molar-refractivity contribution < 1.29 is 13.2 Å². The van der Waals surface area contributed by atoms with E-state index in [0.717, 1.165) is 13.1 Å². The van der Waals surface area contributed by atoms with E-state index in [9.17, 15) is 13.2 Å². The van der Waals surface area contributed by atoms with E-state index in [-0.39, 0.29) is 29.3 Å². The summed E-state index contributed by atoms with van der Waals surface area (Å²) in [7, 11) is -3.58. The Morgan fingerprint density at radius 1 is 1.25 bits per heavy atom. The maximum absolute atomic E-state index is 12.5. The second-order valence-corrected chi connectivity index (χ2v) is 8.61. The minimum absolute atomic E-state index is 0. The van der Waals surface area contributed by atoms with Gasteiger partial charge in [-0.1, -0.05) is 0 Å². The average Bonchev–Trinajstić information content (AvgIpc) is 2.45. The van der Waals surface area contributed by atoms with Crippen LogP contribution in [0, 0.1) is 0 Å². The molecule has 0 aliphatic carbocycles. The normalized spacial score (nSPS) is 18.8. The summed E-state index contributed by atoms with van der Waals surface area (Å²) in [6.45, 7) is 9.56. The molecule has 1 heterocycles. The molecule has 8 heteroatoms. The van der Waals surface area contributed by atoms with Gasteiger partial charge >= 0.3 is 0 Å². The fourth-order valence-corrected chi connectivity index (χ4v) is 3.97. The first-order valence-corrected chi connectivity index (χ1v) is 9.24. The van der Waals surface area contributed by atoms with Crippen LogP contribution in [0.1, 0.15) is 38.1 Å². The third-order valence-electron chi connectivity index (χ3n) is 3.61. The number of piperazine rings is 1. The molecule has 1 aromatic carbocycles. The second-order valence-electron chi connectivity index (χ2n) is 6.93. The molecular formula is C16H26ClN3O3S. The fraction of sp³-hybridized carbons (Fsp3) is 0.562. The molecule has 0 spiro atoms. The molecule has 0 bridgehead atoms. The van der Waals surface area contributed by atoms with Crippen molar-refractivity contribution in [3.05, 3.63) is 29.8 Å². The Kier molecular flexibility index (Phi) is 6.81. The number of sulfonamides is 1. The van der Waals surface area contributed by atoms with E-state index in [4.69, 9.17) is 0 Å². The van der Waals surface area contributed by atoms with Crippen LogP contribution in [0.5, 0.6) is 0 Å². The monoisotopic (exact) mass is 375 g/mol. The second kappa shape index (κ2) is 7.82. The number of amides is 1. The lowest BCUT2D eigenvalue weighted by Crippen LogP contribution is -2.52. The zero-order chi connectivity index (χ0) is 17.3. The van der Waals surface area contributed by atoms with Crippen LogP contribution in [0.3, 0.4) is 0 Å².